The highest BCUT2D eigenvalue weighted by molar-refractivity contribution is 6.31. The van der Waals surface area contributed by atoms with E-state index in [0.717, 1.165) is 5.56 Å². The van der Waals surface area contributed by atoms with Crippen LogP contribution in [0, 0.1) is 12.7 Å². The van der Waals surface area contributed by atoms with E-state index < -0.39 is 11.7 Å². The molecule has 1 aliphatic heterocycles. The summed E-state index contributed by atoms with van der Waals surface area (Å²) in [7, 11) is 0. The van der Waals surface area contributed by atoms with Gasteiger partial charge < -0.3 is 10.6 Å². The number of anilines is 2. The molecule has 0 aliphatic carbocycles. The second-order valence-electron chi connectivity index (χ2n) is 5.49. The number of fused-ring (bicyclic) bond motifs is 1. The third kappa shape index (κ3) is 3.19. The zero-order valence-electron chi connectivity index (χ0n) is 12.3. The van der Waals surface area contributed by atoms with Crippen LogP contribution in [-0.4, -0.2) is 11.8 Å². The highest BCUT2D eigenvalue weighted by atomic mass is 35.5. The molecule has 0 saturated carbocycles. The molecule has 4 nitrogen and oxygen atoms in total. The molecule has 0 bridgehead atoms. The SMILES string of the molecule is Cc1ccc(NC(=O)[C@@H]2CC(=O)Nc3cc(F)ccc32)cc1Cl. The lowest BCUT2D eigenvalue weighted by Crippen LogP contribution is -2.30. The molecule has 6 heteroatoms. The molecule has 2 aromatic carbocycles. The van der Waals surface area contributed by atoms with Gasteiger partial charge in [0.2, 0.25) is 11.8 Å². The van der Waals surface area contributed by atoms with Crippen molar-refractivity contribution >= 4 is 34.8 Å². The molecule has 0 unspecified atom stereocenters. The standard InChI is InChI=1S/C17H14ClFN2O2/c1-9-2-4-11(7-14(9)18)20-17(23)13-8-16(22)21-15-6-10(19)3-5-12(13)15/h2-7,13H,8H2,1H3,(H,20,23)(H,21,22)/t13-/m1/s1. The summed E-state index contributed by atoms with van der Waals surface area (Å²) in [5.74, 6) is -1.77. The first-order chi connectivity index (χ1) is 10.9. The van der Waals surface area contributed by atoms with E-state index in [1.807, 2.05) is 6.92 Å². The number of amides is 2. The molecular formula is C17H14ClFN2O2. The van der Waals surface area contributed by atoms with E-state index in [1.54, 1.807) is 18.2 Å². The van der Waals surface area contributed by atoms with Gasteiger partial charge in [-0.1, -0.05) is 23.7 Å². The van der Waals surface area contributed by atoms with E-state index in [0.29, 0.717) is 22.0 Å². The highest BCUT2D eigenvalue weighted by Gasteiger charge is 2.31. The van der Waals surface area contributed by atoms with Gasteiger partial charge in [-0.2, -0.15) is 0 Å². The number of hydrogen-bond acceptors (Lipinski definition) is 2. The molecular weight excluding hydrogens is 319 g/mol. The van der Waals surface area contributed by atoms with E-state index in [4.69, 9.17) is 11.6 Å². The van der Waals surface area contributed by atoms with Crippen molar-refractivity contribution < 1.29 is 14.0 Å². The third-order valence-electron chi connectivity index (χ3n) is 3.81. The molecule has 1 atom stereocenters. The van der Waals surface area contributed by atoms with Crippen LogP contribution < -0.4 is 10.6 Å². The van der Waals surface area contributed by atoms with Gasteiger partial charge in [-0.05, 0) is 42.3 Å². The average Bonchev–Trinajstić information content (AvgIpc) is 2.49. The minimum Gasteiger partial charge on any atom is -0.326 e. The summed E-state index contributed by atoms with van der Waals surface area (Å²) in [5, 5.41) is 5.89. The van der Waals surface area contributed by atoms with Gasteiger partial charge in [0.1, 0.15) is 5.82 Å². The first-order valence-electron chi connectivity index (χ1n) is 7.10. The summed E-state index contributed by atoms with van der Waals surface area (Å²) in [4.78, 5) is 24.3. The van der Waals surface area contributed by atoms with Crippen LogP contribution in [-0.2, 0) is 9.59 Å². The number of halogens is 2. The minimum atomic E-state index is -0.667. The molecule has 2 amide bonds. The third-order valence-corrected chi connectivity index (χ3v) is 4.22. The molecule has 118 valence electrons. The van der Waals surface area contributed by atoms with Crippen LogP contribution in [0.1, 0.15) is 23.5 Å². The monoisotopic (exact) mass is 332 g/mol. The smallest absolute Gasteiger partial charge is 0.232 e. The van der Waals surface area contributed by atoms with E-state index in [-0.39, 0.29) is 18.2 Å². The molecule has 0 spiro atoms. The topological polar surface area (TPSA) is 58.2 Å². The molecule has 0 saturated heterocycles. The number of nitrogens with one attached hydrogen (secondary N) is 2. The van der Waals surface area contributed by atoms with Crippen LogP contribution in [0.4, 0.5) is 15.8 Å². The van der Waals surface area contributed by atoms with Crippen LogP contribution in [0.15, 0.2) is 36.4 Å². The molecule has 3 rings (SSSR count). The molecule has 2 aromatic rings. The van der Waals surface area contributed by atoms with Crippen molar-refractivity contribution in [2.75, 3.05) is 10.6 Å². The van der Waals surface area contributed by atoms with Crippen LogP contribution in [0.3, 0.4) is 0 Å². The second-order valence-corrected chi connectivity index (χ2v) is 5.90. The number of benzene rings is 2. The van der Waals surface area contributed by atoms with Crippen molar-refractivity contribution in [2.24, 2.45) is 0 Å². The van der Waals surface area contributed by atoms with E-state index >= 15 is 0 Å². The Morgan fingerprint density at radius 1 is 1.30 bits per heavy atom. The number of aryl methyl sites for hydroxylation is 1. The summed E-state index contributed by atoms with van der Waals surface area (Å²) in [6, 6.07) is 9.22. The second kappa shape index (κ2) is 6.01. The van der Waals surface area contributed by atoms with Crippen molar-refractivity contribution in [2.45, 2.75) is 19.3 Å². The lowest BCUT2D eigenvalue weighted by molar-refractivity contribution is -0.123. The first kappa shape index (κ1) is 15.5. The zero-order chi connectivity index (χ0) is 16.6. The maximum atomic E-state index is 13.3. The van der Waals surface area contributed by atoms with E-state index in [9.17, 15) is 14.0 Å². The Hall–Kier alpha value is -2.40. The van der Waals surface area contributed by atoms with Crippen molar-refractivity contribution in [3.8, 4) is 0 Å². The van der Waals surface area contributed by atoms with Crippen LogP contribution in [0.2, 0.25) is 5.02 Å². The normalized spacial score (nSPS) is 16.5. The average molecular weight is 333 g/mol. The predicted molar refractivity (Wildman–Crippen MR) is 87.2 cm³/mol. The number of hydrogen-bond donors (Lipinski definition) is 2. The fourth-order valence-corrected chi connectivity index (χ4v) is 2.75. The Balaban J connectivity index is 1.87. The van der Waals surface area contributed by atoms with Gasteiger partial charge in [0.15, 0.2) is 0 Å². The van der Waals surface area contributed by atoms with Crippen molar-refractivity contribution in [1.82, 2.24) is 0 Å². The Bertz CT molecular complexity index is 807. The lowest BCUT2D eigenvalue weighted by Gasteiger charge is -2.25. The number of carbonyl (C=O) groups excluding carboxylic acids is 2. The molecule has 2 N–H and O–H groups in total. The Morgan fingerprint density at radius 3 is 2.83 bits per heavy atom. The maximum Gasteiger partial charge on any atom is 0.232 e. The Morgan fingerprint density at radius 2 is 2.09 bits per heavy atom. The number of rotatable bonds is 2. The zero-order valence-corrected chi connectivity index (χ0v) is 13.1. The summed E-state index contributed by atoms with van der Waals surface area (Å²) in [5.41, 5.74) is 2.40. The van der Waals surface area contributed by atoms with E-state index in [1.165, 1.54) is 18.2 Å². The maximum absolute atomic E-state index is 13.3. The molecule has 23 heavy (non-hydrogen) atoms. The first-order valence-corrected chi connectivity index (χ1v) is 7.48. The van der Waals surface area contributed by atoms with Gasteiger partial charge in [-0.3, -0.25) is 9.59 Å². The van der Waals surface area contributed by atoms with Crippen LogP contribution in [0.25, 0.3) is 0 Å². The fourth-order valence-electron chi connectivity index (χ4n) is 2.57. The fraction of sp³-hybridized carbons (Fsp3) is 0.176. The van der Waals surface area contributed by atoms with Gasteiger partial charge in [-0.15, -0.1) is 0 Å². The minimum absolute atomic E-state index is 0.0179. The van der Waals surface area contributed by atoms with Gasteiger partial charge in [0.25, 0.3) is 0 Å². The predicted octanol–water partition coefficient (Wildman–Crippen LogP) is 3.85. The van der Waals surface area contributed by atoms with Gasteiger partial charge in [0.05, 0.1) is 5.92 Å². The molecule has 0 fully saturated rings. The molecule has 0 aromatic heterocycles. The van der Waals surface area contributed by atoms with Crippen molar-refractivity contribution in [1.29, 1.82) is 0 Å². The summed E-state index contributed by atoms with van der Waals surface area (Å²) in [6.07, 6.45) is 0.0179. The van der Waals surface area contributed by atoms with Gasteiger partial charge in [0, 0.05) is 22.8 Å². The van der Waals surface area contributed by atoms with Crippen LogP contribution in [0.5, 0.6) is 0 Å². The summed E-state index contributed by atoms with van der Waals surface area (Å²) >= 11 is 6.05. The molecule has 0 radical (unpaired) electrons. The lowest BCUT2D eigenvalue weighted by atomic mass is 9.89. The van der Waals surface area contributed by atoms with Gasteiger partial charge >= 0.3 is 0 Å². The molecule has 1 aliphatic rings. The largest absolute Gasteiger partial charge is 0.326 e. The van der Waals surface area contributed by atoms with Gasteiger partial charge in [-0.25, -0.2) is 4.39 Å². The summed E-state index contributed by atoms with van der Waals surface area (Å²) in [6.45, 7) is 1.87. The highest BCUT2D eigenvalue weighted by Crippen LogP contribution is 2.33. The van der Waals surface area contributed by atoms with Crippen LogP contribution >= 0.6 is 11.6 Å². The molecule has 1 heterocycles. The Labute approximate surface area is 137 Å². The number of carbonyl (C=O) groups is 2. The summed E-state index contributed by atoms with van der Waals surface area (Å²) < 4.78 is 13.3. The van der Waals surface area contributed by atoms with E-state index in [2.05, 4.69) is 10.6 Å². The Kier molecular flexibility index (Phi) is 4.05. The van der Waals surface area contributed by atoms with Crippen molar-refractivity contribution in [3.05, 3.63) is 58.4 Å². The quantitative estimate of drug-likeness (QED) is 0.877. The van der Waals surface area contributed by atoms with Crippen molar-refractivity contribution in [3.63, 3.8) is 0 Å².